The number of nitrogens with one attached hydrogen (secondary N) is 1. The highest BCUT2D eigenvalue weighted by Gasteiger charge is 2.30. The molecule has 0 unspecified atom stereocenters. The average Bonchev–Trinajstić information content (AvgIpc) is 2.47. The first-order chi connectivity index (χ1) is 10.8. The Kier molecular flexibility index (Phi) is 6.55. The van der Waals surface area contributed by atoms with Crippen molar-refractivity contribution in [2.24, 2.45) is 5.10 Å². The van der Waals surface area contributed by atoms with Gasteiger partial charge in [-0.2, -0.15) is 18.3 Å². The van der Waals surface area contributed by atoms with Crippen molar-refractivity contribution in [3.05, 3.63) is 29.8 Å². The molecule has 0 atom stereocenters. The second-order valence-electron chi connectivity index (χ2n) is 4.09. The lowest BCUT2D eigenvalue weighted by molar-refractivity contribution is -0.141. The van der Waals surface area contributed by atoms with Crippen LogP contribution in [0.4, 0.5) is 18.9 Å². The first-order valence-electron chi connectivity index (χ1n) is 6.64. The molecule has 0 aliphatic rings. The van der Waals surface area contributed by atoms with Gasteiger partial charge in [0.2, 0.25) is 0 Å². The summed E-state index contributed by atoms with van der Waals surface area (Å²) in [5.41, 5.74) is 0.587. The lowest BCUT2D eigenvalue weighted by atomic mass is 10.2. The summed E-state index contributed by atoms with van der Waals surface area (Å²) < 4.78 is 47.1. The Balaban J connectivity index is 3.00. The van der Waals surface area contributed by atoms with Crippen molar-refractivity contribution in [1.29, 1.82) is 0 Å². The van der Waals surface area contributed by atoms with Crippen LogP contribution in [0.1, 0.15) is 19.4 Å². The fourth-order valence-corrected chi connectivity index (χ4v) is 1.46. The lowest BCUT2D eigenvalue weighted by Crippen LogP contribution is -2.29. The van der Waals surface area contributed by atoms with E-state index in [-0.39, 0.29) is 18.9 Å². The van der Waals surface area contributed by atoms with Crippen LogP contribution in [0.5, 0.6) is 0 Å². The van der Waals surface area contributed by atoms with E-state index >= 15 is 0 Å². The summed E-state index contributed by atoms with van der Waals surface area (Å²) in [4.78, 5) is 23.3. The van der Waals surface area contributed by atoms with Gasteiger partial charge in [0, 0.05) is 0 Å². The van der Waals surface area contributed by atoms with Crippen LogP contribution in [0, 0.1) is 0 Å². The molecule has 23 heavy (non-hydrogen) atoms. The Morgan fingerprint density at radius 1 is 1.13 bits per heavy atom. The summed E-state index contributed by atoms with van der Waals surface area (Å²) in [6.07, 6.45) is -4.52. The molecule has 0 saturated carbocycles. The van der Waals surface area contributed by atoms with Crippen LogP contribution in [0.3, 0.4) is 0 Å². The molecule has 0 aliphatic heterocycles. The number of benzene rings is 1. The summed E-state index contributed by atoms with van der Waals surface area (Å²) in [5.74, 6) is -2.07. The third kappa shape index (κ3) is 5.61. The molecule has 0 heterocycles. The molecule has 1 rings (SSSR count). The van der Waals surface area contributed by atoms with Crippen LogP contribution < -0.4 is 5.43 Å². The number of ether oxygens (including phenoxy) is 2. The summed E-state index contributed by atoms with van der Waals surface area (Å²) in [6, 6.07) is 4.13. The Labute approximate surface area is 130 Å². The van der Waals surface area contributed by atoms with E-state index in [0.29, 0.717) is 0 Å². The van der Waals surface area contributed by atoms with Gasteiger partial charge in [-0.15, -0.1) is 0 Å². The minimum absolute atomic E-state index is 0.000811. The number of hydrazone groups is 1. The number of hydrogen-bond donors (Lipinski definition) is 1. The maximum atomic E-state index is 12.6. The van der Waals surface area contributed by atoms with Gasteiger partial charge in [0.15, 0.2) is 0 Å². The van der Waals surface area contributed by atoms with Gasteiger partial charge in [0.05, 0.1) is 24.5 Å². The number of anilines is 1. The zero-order valence-corrected chi connectivity index (χ0v) is 12.4. The zero-order chi connectivity index (χ0) is 17.5. The maximum Gasteiger partial charge on any atom is 0.416 e. The fourth-order valence-electron chi connectivity index (χ4n) is 1.46. The number of esters is 2. The monoisotopic (exact) mass is 332 g/mol. The van der Waals surface area contributed by atoms with Crippen LogP contribution in [-0.4, -0.2) is 30.9 Å². The molecule has 0 amide bonds. The van der Waals surface area contributed by atoms with E-state index < -0.39 is 29.4 Å². The minimum Gasteiger partial charge on any atom is -0.461 e. The van der Waals surface area contributed by atoms with Gasteiger partial charge in [0.1, 0.15) is 0 Å². The highest BCUT2D eigenvalue weighted by Crippen LogP contribution is 2.30. The third-order valence-electron chi connectivity index (χ3n) is 2.42. The summed E-state index contributed by atoms with van der Waals surface area (Å²) >= 11 is 0. The SMILES string of the molecule is CCOC(=O)C(=NNc1cccc(C(F)(F)F)c1)C(=O)OCC. The molecule has 1 aromatic rings. The lowest BCUT2D eigenvalue weighted by Gasteiger charge is -2.09. The van der Waals surface area contributed by atoms with E-state index in [4.69, 9.17) is 0 Å². The molecule has 0 aromatic heterocycles. The van der Waals surface area contributed by atoms with Crippen LogP contribution in [-0.2, 0) is 25.2 Å². The zero-order valence-electron chi connectivity index (χ0n) is 12.4. The summed E-state index contributed by atoms with van der Waals surface area (Å²) in [5, 5.41) is 3.50. The first kappa shape index (κ1) is 18.5. The fraction of sp³-hybridized carbons (Fsp3) is 0.357. The number of hydrogen-bond acceptors (Lipinski definition) is 6. The Morgan fingerprint density at radius 3 is 2.17 bits per heavy atom. The Bertz CT molecular complexity index is 580. The number of carbonyl (C=O) groups is 2. The highest BCUT2D eigenvalue weighted by molar-refractivity contribution is 6.62. The average molecular weight is 332 g/mol. The van der Waals surface area contributed by atoms with Crippen molar-refractivity contribution in [3.8, 4) is 0 Å². The predicted molar refractivity (Wildman–Crippen MR) is 75.8 cm³/mol. The minimum atomic E-state index is -4.52. The maximum absolute atomic E-state index is 12.6. The van der Waals surface area contributed by atoms with Gasteiger partial charge in [-0.1, -0.05) is 6.07 Å². The van der Waals surface area contributed by atoms with E-state index in [1.807, 2.05) is 0 Å². The van der Waals surface area contributed by atoms with Gasteiger partial charge >= 0.3 is 18.1 Å². The van der Waals surface area contributed by atoms with Crippen molar-refractivity contribution < 1.29 is 32.2 Å². The second-order valence-corrected chi connectivity index (χ2v) is 4.09. The van der Waals surface area contributed by atoms with E-state index in [1.165, 1.54) is 19.9 Å². The Morgan fingerprint density at radius 2 is 1.70 bits per heavy atom. The van der Waals surface area contributed by atoms with Gasteiger partial charge in [-0.25, -0.2) is 9.59 Å². The molecule has 0 radical (unpaired) electrons. The molecule has 0 spiro atoms. The van der Waals surface area contributed by atoms with Crippen LogP contribution in [0.25, 0.3) is 0 Å². The highest BCUT2D eigenvalue weighted by atomic mass is 19.4. The largest absolute Gasteiger partial charge is 0.461 e. The van der Waals surface area contributed by atoms with Crippen molar-refractivity contribution in [3.63, 3.8) is 0 Å². The molecule has 0 aliphatic carbocycles. The second kappa shape index (κ2) is 8.16. The van der Waals surface area contributed by atoms with Gasteiger partial charge in [-0.05, 0) is 32.0 Å². The van der Waals surface area contributed by atoms with Crippen molar-refractivity contribution in [2.45, 2.75) is 20.0 Å². The molecule has 0 saturated heterocycles. The van der Waals surface area contributed by atoms with Gasteiger partial charge < -0.3 is 9.47 Å². The Hall–Kier alpha value is -2.58. The van der Waals surface area contributed by atoms with Crippen molar-refractivity contribution >= 4 is 23.3 Å². The van der Waals surface area contributed by atoms with E-state index in [2.05, 4.69) is 20.0 Å². The standard InChI is InChI=1S/C14H15F3N2O4/c1-3-22-12(20)11(13(21)23-4-2)19-18-10-7-5-6-9(8-10)14(15,16)17/h5-8,18H,3-4H2,1-2H3. The normalized spacial score (nSPS) is 10.7. The molecule has 1 N–H and O–H groups in total. The molecular weight excluding hydrogens is 317 g/mol. The van der Waals surface area contributed by atoms with Crippen LogP contribution in [0.2, 0.25) is 0 Å². The molecule has 0 bridgehead atoms. The number of carbonyl (C=O) groups excluding carboxylic acids is 2. The smallest absolute Gasteiger partial charge is 0.416 e. The number of nitrogens with zero attached hydrogens (tertiary/aromatic N) is 1. The first-order valence-corrected chi connectivity index (χ1v) is 6.64. The van der Waals surface area contributed by atoms with Gasteiger partial charge in [-0.3, -0.25) is 5.43 Å². The number of rotatable bonds is 6. The quantitative estimate of drug-likeness (QED) is 0.375. The van der Waals surface area contributed by atoms with Crippen molar-refractivity contribution in [1.82, 2.24) is 0 Å². The molecule has 6 nitrogen and oxygen atoms in total. The van der Waals surface area contributed by atoms with Crippen LogP contribution >= 0.6 is 0 Å². The predicted octanol–water partition coefficient (Wildman–Crippen LogP) is 2.60. The molecule has 126 valence electrons. The van der Waals surface area contributed by atoms with E-state index in [9.17, 15) is 22.8 Å². The van der Waals surface area contributed by atoms with Gasteiger partial charge in [0.25, 0.3) is 5.71 Å². The summed E-state index contributed by atoms with van der Waals surface area (Å²) in [6.45, 7) is 3.06. The third-order valence-corrected chi connectivity index (χ3v) is 2.42. The number of halogens is 3. The van der Waals surface area contributed by atoms with E-state index in [0.717, 1.165) is 18.2 Å². The van der Waals surface area contributed by atoms with Crippen LogP contribution in [0.15, 0.2) is 29.4 Å². The summed E-state index contributed by atoms with van der Waals surface area (Å²) in [7, 11) is 0. The molecular formula is C14H15F3N2O4. The molecule has 9 heteroatoms. The number of alkyl halides is 3. The molecule has 1 aromatic carbocycles. The van der Waals surface area contributed by atoms with E-state index in [1.54, 1.807) is 0 Å². The van der Waals surface area contributed by atoms with Crippen molar-refractivity contribution in [2.75, 3.05) is 18.6 Å². The molecule has 0 fully saturated rings. The topological polar surface area (TPSA) is 77.0 Å².